The van der Waals surface area contributed by atoms with E-state index in [-0.39, 0.29) is 17.9 Å². The summed E-state index contributed by atoms with van der Waals surface area (Å²) in [4.78, 5) is 12.7. The number of carbonyl (C=O) groups is 1. The van der Waals surface area contributed by atoms with E-state index < -0.39 is 0 Å². The fraction of sp³-hybridized carbons (Fsp3) is 0.381. The summed E-state index contributed by atoms with van der Waals surface area (Å²) < 4.78 is 5.71. The molecule has 0 bridgehead atoms. The van der Waals surface area contributed by atoms with Crippen LogP contribution in [0.1, 0.15) is 36.9 Å². The fourth-order valence-corrected chi connectivity index (χ4v) is 3.32. The molecule has 5 nitrogen and oxygen atoms in total. The number of amides is 1. The Bertz CT molecular complexity index is 751. The predicted molar refractivity (Wildman–Crippen MR) is 108 cm³/mol. The van der Waals surface area contributed by atoms with Gasteiger partial charge in [-0.25, -0.2) is 5.43 Å². The van der Waals surface area contributed by atoms with Gasteiger partial charge in [0.15, 0.2) is 0 Å². The number of nitrogens with one attached hydrogen (secondary N) is 3. The lowest BCUT2D eigenvalue weighted by Gasteiger charge is -2.19. The van der Waals surface area contributed by atoms with Crippen molar-refractivity contribution in [3.63, 3.8) is 0 Å². The van der Waals surface area contributed by atoms with E-state index in [4.69, 9.17) is 16.3 Å². The summed E-state index contributed by atoms with van der Waals surface area (Å²) in [6.07, 6.45) is 2.16. The lowest BCUT2D eigenvalue weighted by Crippen LogP contribution is -2.34. The van der Waals surface area contributed by atoms with E-state index in [1.807, 2.05) is 48.5 Å². The van der Waals surface area contributed by atoms with Gasteiger partial charge < -0.3 is 10.1 Å². The van der Waals surface area contributed by atoms with Crippen molar-refractivity contribution in [2.45, 2.75) is 32.4 Å². The summed E-state index contributed by atoms with van der Waals surface area (Å²) in [6, 6.07) is 15.4. The fourth-order valence-electron chi connectivity index (χ4n) is 3.12. The van der Waals surface area contributed by atoms with Gasteiger partial charge in [0, 0.05) is 18.1 Å². The molecule has 2 atom stereocenters. The molecule has 1 heterocycles. The summed E-state index contributed by atoms with van der Waals surface area (Å²) in [5, 5.41) is 3.66. The molecule has 144 valence electrons. The highest BCUT2D eigenvalue weighted by Crippen LogP contribution is 2.27. The molecule has 1 saturated heterocycles. The predicted octanol–water partition coefficient (Wildman–Crippen LogP) is 3.60. The van der Waals surface area contributed by atoms with E-state index in [0.29, 0.717) is 18.1 Å². The second-order valence-corrected chi connectivity index (χ2v) is 7.10. The molecule has 1 fully saturated rings. The minimum absolute atomic E-state index is 0.000641. The third kappa shape index (κ3) is 5.22. The van der Waals surface area contributed by atoms with Gasteiger partial charge in [0.1, 0.15) is 5.75 Å². The van der Waals surface area contributed by atoms with E-state index in [2.05, 4.69) is 23.1 Å². The van der Waals surface area contributed by atoms with Crippen LogP contribution in [0.15, 0.2) is 48.5 Å². The SMILES string of the molecule is CCCCOc1ccc(C2NNCC2C(=O)NCc2ccccc2Cl)cc1. The normalized spacial score (nSPS) is 19.0. The number of hydrogen-bond acceptors (Lipinski definition) is 4. The Hall–Kier alpha value is -2.08. The maximum atomic E-state index is 12.7. The molecule has 0 aromatic heterocycles. The summed E-state index contributed by atoms with van der Waals surface area (Å²) >= 11 is 6.16. The van der Waals surface area contributed by atoms with Gasteiger partial charge in [0.05, 0.1) is 18.6 Å². The van der Waals surface area contributed by atoms with Gasteiger partial charge in [-0.3, -0.25) is 10.2 Å². The lowest BCUT2D eigenvalue weighted by atomic mass is 9.94. The first-order valence-electron chi connectivity index (χ1n) is 9.41. The minimum Gasteiger partial charge on any atom is -0.494 e. The van der Waals surface area contributed by atoms with Crippen molar-refractivity contribution >= 4 is 17.5 Å². The Kier molecular flexibility index (Phi) is 7.10. The van der Waals surface area contributed by atoms with Crippen LogP contribution in [0.25, 0.3) is 0 Å². The second kappa shape index (κ2) is 9.74. The molecule has 1 amide bonds. The Balaban J connectivity index is 1.59. The van der Waals surface area contributed by atoms with Crippen molar-refractivity contribution in [1.82, 2.24) is 16.2 Å². The largest absolute Gasteiger partial charge is 0.494 e. The van der Waals surface area contributed by atoms with Crippen LogP contribution in [0.5, 0.6) is 5.75 Å². The quantitative estimate of drug-likeness (QED) is 0.605. The van der Waals surface area contributed by atoms with Crippen LogP contribution in [0, 0.1) is 5.92 Å². The maximum Gasteiger partial charge on any atom is 0.226 e. The molecule has 2 aromatic carbocycles. The van der Waals surface area contributed by atoms with Crippen LogP contribution in [0.2, 0.25) is 5.02 Å². The number of carbonyl (C=O) groups excluding carboxylic acids is 1. The molecule has 3 N–H and O–H groups in total. The standard InChI is InChI=1S/C21H26ClN3O2/c1-2-3-12-27-17-10-8-15(9-11-17)20-18(14-24-25-20)21(26)23-13-16-6-4-5-7-19(16)22/h4-11,18,20,24-25H,2-3,12-14H2,1H3,(H,23,26). The first kappa shape index (κ1) is 19.7. The third-order valence-electron chi connectivity index (χ3n) is 4.74. The van der Waals surface area contributed by atoms with Crippen molar-refractivity contribution in [3.8, 4) is 5.75 Å². The van der Waals surface area contributed by atoms with Crippen LogP contribution in [-0.2, 0) is 11.3 Å². The van der Waals surface area contributed by atoms with Crippen LogP contribution in [0.3, 0.4) is 0 Å². The Morgan fingerprint density at radius 2 is 2.00 bits per heavy atom. The molecule has 0 aliphatic carbocycles. The zero-order valence-electron chi connectivity index (χ0n) is 15.5. The average molecular weight is 388 g/mol. The first-order chi connectivity index (χ1) is 13.2. The highest BCUT2D eigenvalue weighted by Gasteiger charge is 2.33. The first-order valence-corrected chi connectivity index (χ1v) is 9.79. The van der Waals surface area contributed by atoms with Gasteiger partial charge in [0.2, 0.25) is 5.91 Å². The molecule has 0 spiro atoms. The van der Waals surface area contributed by atoms with Gasteiger partial charge in [-0.2, -0.15) is 0 Å². The van der Waals surface area contributed by atoms with Gasteiger partial charge >= 0.3 is 0 Å². The number of hydrogen-bond donors (Lipinski definition) is 3. The van der Waals surface area contributed by atoms with E-state index in [0.717, 1.165) is 36.3 Å². The molecule has 1 aliphatic rings. The maximum absolute atomic E-state index is 12.7. The molecule has 0 radical (unpaired) electrons. The van der Waals surface area contributed by atoms with Crippen molar-refractivity contribution in [1.29, 1.82) is 0 Å². The summed E-state index contributed by atoms with van der Waals surface area (Å²) in [5.74, 6) is 0.665. The van der Waals surface area contributed by atoms with Crippen molar-refractivity contribution in [2.24, 2.45) is 5.92 Å². The molecular formula is C21H26ClN3O2. The summed E-state index contributed by atoms with van der Waals surface area (Å²) in [6.45, 7) is 3.87. The van der Waals surface area contributed by atoms with Gasteiger partial charge in [-0.05, 0) is 35.7 Å². The topological polar surface area (TPSA) is 62.4 Å². The Labute approximate surface area is 165 Å². The molecule has 2 aromatic rings. The average Bonchev–Trinajstić information content (AvgIpc) is 3.18. The van der Waals surface area contributed by atoms with Gasteiger partial charge in [-0.15, -0.1) is 0 Å². The number of hydrazine groups is 1. The van der Waals surface area contributed by atoms with Gasteiger partial charge in [0.25, 0.3) is 0 Å². The highest BCUT2D eigenvalue weighted by atomic mass is 35.5. The van der Waals surface area contributed by atoms with Crippen LogP contribution in [0.4, 0.5) is 0 Å². The summed E-state index contributed by atoms with van der Waals surface area (Å²) in [7, 11) is 0. The molecule has 2 unspecified atom stereocenters. The van der Waals surface area contributed by atoms with Crippen molar-refractivity contribution in [2.75, 3.05) is 13.2 Å². The highest BCUT2D eigenvalue weighted by molar-refractivity contribution is 6.31. The molecule has 0 saturated carbocycles. The van der Waals surface area contributed by atoms with E-state index >= 15 is 0 Å². The van der Waals surface area contributed by atoms with Gasteiger partial charge in [-0.1, -0.05) is 55.3 Å². The second-order valence-electron chi connectivity index (χ2n) is 6.69. The molecule has 6 heteroatoms. The number of unbranched alkanes of at least 4 members (excludes halogenated alkanes) is 1. The molecule has 3 rings (SSSR count). The van der Waals surface area contributed by atoms with Crippen molar-refractivity contribution < 1.29 is 9.53 Å². The zero-order chi connectivity index (χ0) is 19.1. The number of ether oxygens (including phenoxy) is 1. The van der Waals surface area contributed by atoms with Crippen molar-refractivity contribution in [3.05, 3.63) is 64.7 Å². The van der Waals surface area contributed by atoms with E-state index in [1.54, 1.807) is 0 Å². The monoisotopic (exact) mass is 387 g/mol. The molecule has 27 heavy (non-hydrogen) atoms. The Morgan fingerprint density at radius 1 is 1.22 bits per heavy atom. The Morgan fingerprint density at radius 3 is 2.74 bits per heavy atom. The van der Waals surface area contributed by atoms with Crippen LogP contribution < -0.4 is 20.9 Å². The van der Waals surface area contributed by atoms with Crippen LogP contribution >= 0.6 is 11.6 Å². The summed E-state index contributed by atoms with van der Waals surface area (Å²) in [5.41, 5.74) is 8.28. The zero-order valence-corrected chi connectivity index (χ0v) is 16.3. The number of halogens is 1. The van der Waals surface area contributed by atoms with E-state index in [9.17, 15) is 4.79 Å². The smallest absolute Gasteiger partial charge is 0.226 e. The van der Waals surface area contributed by atoms with E-state index in [1.165, 1.54) is 0 Å². The minimum atomic E-state index is -0.195. The lowest BCUT2D eigenvalue weighted by molar-refractivity contribution is -0.125. The molecule has 1 aliphatic heterocycles. The van der Waals surface area contributed by atoms with Crippen LogP contribution in [-0.4, -0.2) is 19.1 Å². The number of benzene rings is 2. The third-order valence-corrected chi connectivity index (χ3v) is 5.10. The molecular weight excluding hydrogens is 362 g/mol. The number of rotatable bonds is 8.